The number of amides is 1. The van der Waals surface area contributed by atoms with Crippen LogP contribution in [0.15, 0.2) is 76.5 Å². The monoisotopic (exact) mass is 696 g/mol. The summed E-state index contributed by atoms with van der Waals surface area (Å²) < 4.78 is 161. The number of primary sulfonamides is 1. The molecule has 0 radical (unpaired) electrons. The number of carbonyl (C=O) groups excluding carboxylic acids is 1. The molecule has 3 aromatic rings. The van der Waals surface area contributed by atoms with E-state index in [0.717, 1.165) is 41.3 Å². The number of benzene rings is 3. The molecule has 5 rings (SSSR count). The van der Waals surface area contributed by atoms with E-state index in [4.69, 9.17) is 5.14 Å². The third kappa shape index (κ3) is 5.15. The summed E-state index contributed by atoms with van der Waals surface area (Å²) in [6, 6.07) is 8.23. The molecule has 17 heteroatoms. The molecular weight excluding hydrogens is 672 g/mol. The number of nitrogens with zero attached hydrogens (tertiary/aromatic N) is 1. The van der Waals surface area contributed by atoms with Crippen molar-refractivity contribution in [2.45, 2.75) is 64.3 Å². The van der Waals surface area contributed by atoms with Gasteiger partial charge in [-0.25, -0.2) is 30.8 Å². The van der Waals surface area contributed by atoms with Gasteiger partial charge in [0.2, 0.25) is 10.0 Å². The summed E-state index contributed by atoms with van der Waals surface area (Å²) in [5.41, 5.74) is -8.27. The number of likely N-dealkylation sites (tertiary alicyclic amines) is 1. The lowest BCUT2D eigenvalue weighted by Crippen LogP contribution is -2.51. The first-order valence-corrected chi connectivity index (χ1v) is 16.6. The molecule has 0 aromatic heterocycles. The average Bonchev–Trinajstić information content (AvgIpc) is 3.27. The van der Waals surface area contributed by atoms with Crippen molar-refractivity contribution in [1.29, 1.82) is 0 Å². The fourth-order valence-corrected chi connectivity index (χ4v) is 9.39. The van der Waals surface area contributed by atoms with E-state index in [9.17, 15) is 52.4 Å². The molecule has 2 atom stereocenters. The molecular formula is C29H24F8N2O5S2. The van der Waals surface area contributed by atoms with Crippen LogP contribution in [0, 0.1) is 5.82 Å². The van der Waals surface area contributed by atoms with E-state index >= 15 is 4.39 Å². The second-order valence-corrected chi connectivity index (χ2v) is 14.9. The Morgan fingerprint density at radius 3 is 2.07 bits per heavy atom. The summed E-state index contributed by atoms with van der Waals surface area (Å²) in [4.78, 5) is 14.1. The number of sulfone groups is 1. The lowest BCUT2D eigenvalue weighted by molar-refractivity contribution is -0.348. The summed E-state index contributed by atoms with van der Waals surface area (Å²) in [5.74, 6) is -1.61. The summed E-state index contributed by atoms with van der Waals surface area (Å²) in [5, 5.41) is 5.18. The second-order valence-electron chi connectivity index (χ2n) is 11.1. The molecule has 1 amide bonds. The highest BCUT2D eigenvalue weighted by Crippen LogP contribution is 2.56. The van der Waals surface area contributed by atoms with E-state index in [1.54, 1.807) is 0 Å². The van der Waals surface area contributed by atoms with Gasteiger partial charge in [-0.3, -0.25) is 4.79 Å². The predicted octanol–water partition coefficient (Wildman–Crippen LogP) is 5.68. The Morgan fingerprint density at radius 2 is 1.48 bits per heavy atom. The van der Waals surface area contributed by atoms with Gasteiger partial charge in [0, 0.05) is 17.7 Å². The standard InChI is InChI=1S/C29H24F8N2O5S2/c30-20-8-10-21(11-9-20)45(41,42)26-13-14-39(25(40)18-4-1-5-22(16-18)46(38,43)44)24(26)6-2-3-17-15-19(7-12-23(17)26)27(31,28(32,33)34)29(35,36)37/h1,4-5,7-12,15-16,24H,2-3,6,13-14H2,(H2,38,43,44)/t24-,26-/m0/s1. The zero-order chi connectivity index (χ0) is 34.1. The van der Waals surface area contributed by atoms with Gasteiger partial charge in [0.15, 0.2) is 9.84 Å². The van der Waals surface area contributed by atoms with Crippen LogP contribution in [0.25, 0.3) is 0 Å². The number of hydrogen-bond acceptors (Lipinski definition) is 5. The van der Waals surface area contributed by atoms with Crippen LogP contribution in [-0.4, -0.2) is 52.6 Å². The van der Waals surface area contributed by atoms with Crippen molar-refractivity contribution in [2.24, 2.45) is 5.14 Å². The normalized spacial score (nSPS) is 21.0. The van der Waals surface area contributed by atoms with E-state index in [2.05, 4.69) is 0 Å². The number of nitrogens with two attached hydrogens (primary N) is 1. The van der Waals surface area contributed by atoms with Gasteiger partial charge < -0.3 is 4.90 Å². The molecule has 7 nitrogen and oxygen atoms in total. The summed E-state index contributed by atoms with van der Waals surface area (Å²) in [6.45, 7) is -0.289. The minimum Gasteiger partial charge on any atom is -0.334 e. The number of fused-ring (bicyclic) bond motifs is 3. The molecule has 1 fully saturated rings. The van der Waals surface area contributed by atoms with Gasteiger partial charge in [-0.1, -0.05) is 24.3 Å². The Bertz CT molecular complexity index is 1900. The van der Waals surface area contributed by atoms with Crippen LogP contribution in [0.2, 0.25) is 0 Å². The molecule has 2 N–H and O–H groups in total. The Balaban J connectivity index is 1.73. The summed E-state index contributed by atoms with van der Waals surface area (Å²) >= 11 is 0. The third-order valence-corrected chi connectivity index (χ3v) is 12.0. The van der Waals surface area contributed by atoms with Gasteiger partial charge in [-0.2, -0.15) is 26.3 Å². The largest absolute Gasteiger partial charge is 0.435 e. The van der Waals surface area contributed by atoms with Gasteiger partial charge in [0.05, 0.1) is 15.8 Å². The smallest absolute Gasteiger partial charge is 0.334 e. The first-order chi connectivity index (χ1) is 21.2. The number of sulfonamides is 1. The van der Waals surface area contributed by atoms with E-state index in [0.29, 0.717) is 12.1 Å². The maximum atomic E-state index is 15.1. The maximum absolute atomic E-state index is 15.1. The maximum Gasteiger partial charge on any atom is 0.435 e. The number of hydrogen-bond donors (Lipinski definition) is 1. The number of halogens is 8. The Labute approximate surface area is 258 Å². The van der Waals surface area contributed by atoms with Crippen LogP contribution in [0.4, 0.5) is 35.1 Å². The first-order valence-electron chi connectivity index (χ1n) is 13.6. The van der Waals surface area contributed by atoms with Crippen molar-refractivity contribution in [2.75, 3.05) is 6.54 Å². The van der Waals surface area contributed by atoms with Crippen molar-refractivity contribution >= 4 is 25.8 Å². The van der Waals surface area contributed by atoms with Gasteiger partial charge in [0.25, 0.3) is 5.91 Å². The number of alkyl halides is 7. The van der Waals surface area contributed by atoms with Crippen LogP contribution in [0.5, 0.6) is 0 Å². The average molecular weight is 697 g/mol. The Hall–Kier alpha value is -3.57. The molecule has 0 unspecified atom stereocenters. The van der Waals surface area contributed by atoms with Crippen LogP contribution in [-0.2, 0) is 36.7 Å². The minimum atomic E-state index is -6.41. The molecule has 1 saturated heterocycles. The number of aryl methyl sites for hydroxylation is 1. The highest BCUT2D eigenvalue weighted by atomic mass is 32.2. The fourth-order valence-electron chi connectivity index (χ4n) is 6.46. The molecule has 1 aliphatic carbocycles. The van der Waals surface area contributed by atoms with Crippen molar-refractivity contribution in [3.63, 3.8) is 0 Å². The van der Waals surface area contributed by atoms with Gasteiger partial charge in [0.1, 0.15) is 10.6 Å². The lowest BCUT2D eigenvalue weighted by atomic mass is 9.84. The van der Waals surface area contributed by atoms with Gasteiger partial charge >= 0.3 is 18.0 Å². The van der Waals surface area contributed by atoms with Crippen molar-refractivity contribution in [3.8, 4) is 0 Å². The van der Waals surface area contributed by atoms with E-state index < -0.39 is 82.2 Å². The molecule has 0 bridgehead atoms. The van der Waals surface area contributed by atoms with E-state index in [1.165, 1.54) is 12.1 Å². The highest BCUT2D eigenvalue weighted by Gasteiger charge is 2.73. The zero-order valence-electron chi connectivity index (χ0n) is 23.4. The van der Waals surface area contributed by atoms with E-state index in [1.807, 2.05) is 0 Å². The summed E-state index contributed by atoms with van der Waals surface area (Å²) in [7, 11) is -8.97. The molecule has 2 aliphatic rings. The van der Waals surface area contributed by atoms with Crippen LogP contribution < -0.4 is 5.14 Å². The van der Waals surface area contributed by atoms with Crippen LogP contribution in [0.3, 0.4) is 0 Å². The van der Waals surface area contributed by atoms with Crippen molar-refractivity contribution in [3.05, 3.63) is 94.8 Å². The van der Waals surface area contributed by atoms with Crippen LogP contribution in [0.1, 0.15) is 46.3 Å². The molecule has 1 heterocycles. The molecule has 3 aromatic carbocycles. The molecule has 0 spiro atoms. The van der Waals surface area contributed by atoms with Gasteiger partial charge in [-0.15, -0.1) is 0 Å². The van der Waals surface area contributed by atoms with E-state index in [-0.39, 0.29) is 48.6 Å². The highest BCUT2D eigenvalue weighted by molar-refractivity contribution is 7.92. The Morgan fingerprint density at radius 1 is 0.848 bits per heavy atom. The summed E-state index contributed by atoms with van der Waals surface area (Å²) in [6.07, 6.45) is -13.7. The number of rotatable bonds is 5. The Kier molecular flexibility index (Phi) is 8.09. The molecule has 248 valence electrons. The third-order valence-electron chi connectivity index (χ3n) is 8.58. The zero-order valence-corrected chi connectivity index (χ0v) is 25.0. The molecule has 1 aliphatic heterocycles. The fraction of sp³-hybridized carbons (Fsp3) is 0.345. The minimum absolute atomic E-state index is 0.0415. The topological polar surface area (TPSA) is 115 Å². The number of carbonyl (C=O) groups is 1. The SMILES string of the molecule is NS(=O)(=O)c1cccc(C(=O)N2CC[C@]3(S(=O)(=O)c4ccc(F)cc4)c4ccc(C(F)(C(F)(F)F)C(F)(F)F)cc4CCC[C@H]23)c1. The lowest BCUT2D eigenvalue weighted by Gasteiger charge is -2.38. The second kappa shape index (κ2) is 11.0. The van der Waals surface area contributed by atoms with Gasteiger partial charge in [-0.05, 0) is 79.3 Å². The quantitative estimate of drug-likeness (QED) is 0.272. The molecule has 0 saturated carbocycles. The molecule has 46 heavy (non-hydrogen) atoms. The van der Waals surface area contributed by atoms with Crippen LogP contribution >= 0.6 is 0 Å². The van der Waals surface area contributed by atoms with Crippen molar-refractivity contribution < 1.29 is 56.8 Å². The van der Waals surface area contributed by atoms with Crippen molar-refractivity contribution in [1.82, 2.24) is 4.90 Å². The first kappa shape index (κ1) is 33.8. The predicted molar refractivity (Wildman–Crippen MR) is 147 cm³/mol.